The molecule has 4 saturated carbocycles. The van der Waals surface area contributed by atoms with Gasteiger partial charge in [-0.25, -0.2) is 23.4 Å². The molecule has 7 heteroatoms. The minimum Gasteiger partial charge on any atom is -0.253 e. The van der Waals surface area contributed by atoms with Crippen LogP contribution in [0.15, 0.2) is 143 Å². The SMILES string of the molecule is O=S1(=O)c2ccccc2C2(c3cc(-c4ccc(-c5nc(-c6ccccc6)nc(-c6ccccn6)n5)c5ccccc45)ccc31)C1CC3CC(C1)CC2C3. The van der Waals surface area contributed by atoms with E-state index in [-0.39, 0.29) is 5.41 Å². The Balaban J connectivity index is 1.11. The van der Waals surface area contributed by atoms with E-state index < -0.39 is 9.84 Å². The molecule has 7 aromatic rings. The number of nitrogens with zero attached hydrogens (tertiary/aromatic N) is 4. The molecule has 258 valence electrons. The van der Waals surface area contributed by atoms with Crippen LogP contribution in [0.5, 0.6) is 0 Å². The third kappa shape index (κ3) is 4.53. The van der Waals surface area contributed by atoms with Gasteiger partial charge >= 0.3 is 0 Å². The van der Waals surface area contributed by atoms with Crippen LogP contribution in [-0.4, -0.2) is 28.4 Å². The molecule has 3 heterocycles. The first-order valence-corrected chi connectivity index (χ1v) is 20.2. The molecule has 1 aliphatic heterocycles. The van der Waals surface area contributed by atoms with Crippen LogP contribution in [0.4, 0.5) is 0 Å². The van der Waals surface area contributed by atoms with E-state index in [0.717, 1.165) is 56.0 Å². The summed E-state index contributed by atoms with van der Waals surface area (Å²) in [7, 11) is -3.68. The Morgan fingerprint density at radius 2 is 1.13 bits per heavy atom. The molecule has 53 heavy (non-hydrogen) atoms. The van der Waals surface area contributed by atoms with Crippen molar-refractivity contribution in [3.63, 3.8) is 0 Å². The first-order chi connectivity index (χ1) is 26.0. The number of hydrogen-bond donors (Lipinski definition) is 0. The summed E-state index contributed by atoms with van der Waals surface area (Å²) in [4.78, 5) is 20.4. The zero-order chi connectivity index (χ0) is 35.3. The highest BCUT2D eigenvalue weighted by atomic mass is 32.2. The van der Waals surface area contributed by atoms with Gasteiger partial charge in [0.2, 0.25) is 9.84 Å². The summed E-state index contributed by atoms with van der Waals surface area (Å²) in [5, 5.41) is 2.08. The van der Waals surface area contributed by atoms with Crippen molar-refractivity contribution in [1.29, 1.82) is 0 Å². The minimum atomic E-state index is -3.68. The summed E-state index contributed by atoms with van der Waals surface area (Å²) >= 11 is 0. The Morgan fingerprint density at radius 3 is 1.89 bits per heavy atom. The molecule has 5 aliphatic rings. The molecule has 1 spiro atoms. The van der Waals surface area contributed by atoms with E-state index in [1.807, 2.05) is 78.9 Å². The fourth-order valence-corrected chi connectivity index (χ4v) is 12.7. The molecule has 0 N–H and O–H groups in total. The maximum Gasteiger partial charge on any atom is 0.207 e. The van der Waals surface area contributed by atoms with E-state index in [1.165, 1.54) is 32.1 Å². The highest BCUT2D eigenvalue weighted by Gasteiger charge is 2.62. The lowest BCUT2D eigenvalue weighted by atomic mass is 9.42. The molecule has 0 atom stereocenters. The summed E-state index contributed by atoms with van der Waals surface area (Å²) < 4.78 is 28.8. The van der Waals surface area contributed by atoms with Gasteiger partial charge in [0.15, 0.2) is 17.5 Å². The summed E-state index contributed by atoms with van der Waals surface area (Å²) in [5.74, 6) is 4.07. The zero-order valence-corrected chi connectivity index (χ0v) is 29.9. The average molecular weight is 709 g/mol. The molecular weight excluding hydrogens is 673 g/mol. The van der Waals surface area contributed by atoms with Crippen molar-refractivity contribution < 1.29 is 8.42 Å². The first-order valence-electron chi connectivity index (χ1n) is 18.7. The van der Waals surface area contributed by atoms with E-state index in [2.05, 4.69) is 53.5 Å². The Labute approximate surface area is 309 Å². The van der Waals surface area contributed by atoms with Crippen LogP contribution in [0.25, 0.3) is 56.2 Å². The van der Waals surface area contributed by atoms with Gasteiger partial charge in [-0.05, 0) is 125 Å². The molecule has 0 radical (unpaired) electrons. The second kappa shape index (κ2) is 11.5. The molecule has 4 fully saturated rings. The highest BCUT2D eigenvalue weighted by Crippen LogP contribution is 2.68. The second-order valence-corrected chi connectivity index (χ2v) is 17.4. The number of sulfone groups is 1. The number of aromatic nitrogens is 4. The van der Waals surface area contributed by atoms with Gasteiger partial charge in [-0.1, -0.05) is 91.0 Å². The predicted octanol–water partition coefficient (Wildman–Crippen LogP) is 9.98. The molecule has 0 saturated heterocycles. The smallest absolute Gasteiger partial charge is 0.207 e. The maximum atomic E-state index is 14.4. The Kier molecular flexibility index (Phi) is 6.72. The van der Waals surface area contributed by atoms with Crippen LogP contribution in [-0.2, 0) is 15.3 Å². The summed E-state index contributed by atoms with van der Waals surface area (Å²) in [5.41, 5.74) is 6.32. The van der Waals surface area contributed by atoms with Gasteiger partial charge in [-0.15, -0.1) is 0 Å². The molecule has 6 nitrogen and oxygen atoms in total. The van der Waals surface area contributed by atoms with E-state index in [0.29, 0.717) is 44.8 Å². The molecule has 4 bridgehead atoms. The Morgan fingerprint density at radius 1 is 0.509 bits per heavy atom. The lowest BCUT2D eigenvalue weighted by Crippen LogP contribution is -2.57. The number of pyridine rings is 1. The normalized spacial score (nSPS) is 24.6. The van der Waals surface area contributed by atoms with Crippen molar-refractivity contribution in [2.45, 2.75) is 47.3 Å². The average Bonchev–Trinajstić information content (AvgIpc) is 3.20. The number of rotatable bonds is 4. The fraction of sp³-hybridized carbons (Fsp3) is 0.217. The Bertz CT molecular complexity index is 2630. The van der Waals surface area contributed by atoms with Crippen LogP contribution < -0.4 is 0 Å². The lowest BCUT2D eigenvalue weighted by Gasteiger charge is -2.63. The first kappa shape index (κ1) is 31.0. The highest BCUT2D eigenvalue weighted by molar-refractivity contribution is 7.91. The van der Waals surface area contributed by atoms with Gasteiger partial charge in [-0.3, -0.25) is 4.98 Å². The van der Waals surface area contributed by atoms with Gasteiger partial charge in [0, 0.05) is 22.7 Å². The van der Waals surface area contributed by atoms with Crippen LogP contribution in [0.3, 0.4) is 0 Å². The molecule has 4 aliphatic carbocycles. The van der Waals surface area contributed by atoms with Crippen molar-refractivity contribution in [1.82, 2.24) is 19.9 Å². The van der Waals surface area contributed by atoms with Crippen molar-refractivity contribution >= 4 is 20.6 Å². The lowest BCUT2D eigenvalue weighted by molar-refractivity contribution is -0.0446. The zero-order valence-electron chi connectivity index (χ0n) is 29.1. The minimum absolute atomic E-state index is 0.295. The van der Waals surface area contributed by atoms with Gasteiger partial charge < -0.3 is 0 Å². The number of fused-ring (bicyclic) bond motifs is 3. The van der Waals surface area contributed by atoms with Crippen LogP contribution in [0.1, 0.15) is 43.2 Å². The molecule has 5 aromatic carbocycles. The largest absolute Gasteiger partial charge is 0.253 e. The molecule has 0 amide bonds. The van der Waals surface area contributed by atoms with E-state index in [9.17, 15) is 8.42 Å². The van der Waals surface area contributed by atoms with E-state index in [1.54, 1.807) is 6.20 Å². The Hall–Kier alpha value is -5.53. The second-order valence-electron chi connectivity index (χ2n) is 15.5. The number of hydrogen-bond acceptors (Lipinski definition) is 6. The molecule has 2 aromatic heterocycles. The van der Waals surface area contributed by atoms with Gasteiger partial charge in [0.25, 0.3) is 0 Å². The topological polar surface area (TPSA) is 85.7 Å². The van der Waals surface area contributed by atoms with E-state index >= 15 is 0 Å². The monoisotopic (exact) mass is 708 g/mol. The summed E-state index contributed by atoms with van der Waals surface area (Å²) in [6, 6.07) is 42.5. The van der Waals surface area contributed by atoms with Crippen molar-refractivity contribution in [3.05, 3.63) is 145 Å². The molecule has 0 unspecified atom stereocenters. The quantitative estimate of drug-likeness (QED) is 0.181. The van der Waals surface area contributed by atoms with Crippen molar-refractivity contribution in [2.24, 2.45) is 23.7 Å². The summed E-state index contributed by atoms with van der Waals surface area (Å²) in [6.45, 7) is 0. The third-order valence-corrected chi connectivity index (χ3v) is 14.7. The number of benzene rings is 5. The molecule has 12 rings (SSSR count). The molecular formula is C46H36N4O2S. The van der Waals surface area contributed by atoms with Gasteiger partial charge in [-0.2, -0.15) is 0 Å². The summed E-state index contributed by atoms with van der Waals surface area (Å²) in [6.07, 6.45) is 7.81. The predicted molar refractivity (Wildman–Crippen MR) is 207 cm³/mol. The van der Waals surface area contributed by atoms with Crippen LogP contribution in [0.2, 0.25) is 0 Å². The fourth-order valence-electron chi connectivity index (χ4n) is 10.9. The van der Waals surface area contributed by atoms with Gasteiger partial charge in [0.05, 0.1) is 9.79 Å². The van der Waals surface area contributed by atoms with Crippen LogP contribution in [0, 0.1) is 23.7 Å². The van der Waals surface area contributed by atoms with Crippen LogP contribution >= 0.6 is 0 Å². The maximum absolute atomic E-state index is 14.4. The van der Waals surface area contributed by atoms with Crippen molar-refractivity contribution in [3.8, 4) is 45.4 Å². The van der Waals surface area contributed by atoms with Crippen molar-refractivity contribution in [2.75, 3.05) is 0 Å². The van der Waals surface area contributed by atoms with Gasteiger partial charge in [0.1, 0.15) is 5.69 Å². The van der Waals surface area contributed by atoms with E-state index in [4.69, 9.17) is 15.0 Å². The third-order valence-electron chi connectivity index (χ3n) is 12.8. The standard InChI is InChI=1S/C46H36N4O2S/c51-53(52)41-16-7-6-14-38(41)46(32-23-28-22-29(25-32)26-33(46)24-28)39-27-31(17-20-42(39)53)34-18-19-37(36-13-5-4-12-35(34)36)44-48-43(30-10-2-1-3-11-30)49-45(50-44)40-15-8-9-21-47-40/h1-21,27-29,32-33H,22-26H2.